The Bertz CT molecular complexity index is 828. The normalized spacial score (nSPS) is 15.1. The minimum absolute atomic E-state index is 0.0670. The minimum Gasteiger partial charge on any atom is -0.368 e. The Morgan fingerprint density at radius 2 is 2.10 bits per heavy atom. The summed E-state index contributed by atoms with van der Waals surface area (Å²) in [4.78, 5) is 7.79. The lowest BCUT2D eigenvalue weighted by Gasteiger charge is -2.15. The maximum atomic E-state index is 13.2. The second-order valence-corrected chi connectivity index (χ2v) is 6.89. The lowest BCUT2D eigenvalue weighted by molar-refractivity contribution is 0.429. The van der Waals surface area contributed by atoms with E-state index in [2.05, 4.69) is 9.97 Å². The van der Waals surface area contributed by atoms with Crippen LogP contribution in [-0.4, -0.2) is 22.7 Å². The highest BCUT2D eigenvalue weighted by atomic mass is 35.5. The van der Waals surface area contributed by atoms with Crippen LogP contribution in [0.4, 0.5) is 10.3 Å². The van der Waals surface area contributed by atoms with Gasteiger partial charge in [-0.1, -0.05) is 11.6 Å². The fourth-order valence-corrected chi connectivity index (χ4v) is 3.75. The molecule has 1 aliphatic heterocycles. The van der Waals surface area contributed by atoms with E-state index < -0.39 is 15.8 Å². The highest BCUT2D eigenvalue weighted by molar-refractivity contribution is 7.89. The number of aromatic nitrogens is 2. The summed E-state index contributed by atoms with van der Waals surface area (Å²) < 4.78 is 39.4. The number of nitrogens with two attached hydrogens (primary N) is 1. The molecule has 3 rings (SSSR count). The summed E-state index contributed by atoms with van der Waals surface area (Å²) in [5, 5.41) is -0.239. The van der Waals surface area contributed by atoms with Crippen molar-refractivity contribution in [3.8, 4) is 0 Å². The van der Waals surface area contributed by atoms with E-state index in [1.165, 1.54) is 16.6 Å². The molecular formula is C12H10ClFN4O2S. The summed E-state index contributed by atoms with van der Waals surface area (Å²) in [6.45, 7) is 0.242. The monoisotopic (exact) mass is 328 g/mol. The fraction of sp³-hybridized carbons (Fsp3) is 0.167. The molecule has 0 unspecified atom stereocenters. The van der Waals surface area contributed by atoms with Gasteiger partial charge in [0.1, 0.15) is 5.82 Å². The number of hydrogen-bond donors (Lipinski definition) is 1. The van der Waals surface area contributed by atoms with E-state index in [-0.39, 0.29) is 29.0 Å². The van der Waals surface area contributed by atoms with Gasteiger partial charge in [0.15, 0.2) is 0 Å². The summed E-state index contributed by atoms with van der Waals surface area (Å²) in [6, 6.07) is 3.30. The van der Waals surface area contributed by atoms with E-state index in [0.29, 0.717) is 11.3 Å². The molecule has 2 aromatic rings. The van der Waals surface area contributed by atoms with Crippen LogP contribution in [0.2, 0.25) is 5.02 Å². The summed E-state index contributed by atoms with van der Waals surface area (Å²) in [5.74, 6) is -0.572. The molecule has 0 spiro atoms. The van der Waals surface area contributed by atoms with Crippen LogP contribution in [0.15, 0.2) is 29.3 Å². The zero-order valence-electron chi connectivity index (χ0n) is 10.6. The number of sulfonamides is 1. The van der Waals surface area contributed by atoms with E-state index in [1.54, 1.807) is 0 Å². The van der Waals surface area contributed by atoms with Crippen LogP contribution in [0.5, 0.6) is 0 Å². The Morgan fingerprint density at radius 1 is 1.33 bits per heavy atom. The highest BCUT2D eigenvalue weighted by Crippen LogP contribution is 2.29. The second-order valence-electron chi connectivity index (χ2n) is 4.55. The third-order valence-electron chi connectivity index (χ3n) is 3.17. The van der Waals surface area contributed by atoms with Crippen LogP contribution in [0.25, 0.3) is 0 Å². The quantitative estimate of drug-likeness (QED) is 0.903. The van der Waals surface area contributed by atoms with Gasteiger partial charge in [0.25, 0.3) is 0 Å². The second kappa shape index (κ2) is 4.90. The molecule has 0 amide bonds. The van der Waals surface area contributed by atoms with E-state index in [0.717, 1.165) is 12.1 Å². The third-order valence-corrected chi connectivity index (χ3v) is 5.25. The van der Waals surface area contributed by atoms with Gasteiger partial charge in [-0.05, 0) is 18.2 Å². The number of anilines is 1. The fourth-order valence-electron chi connectivity index (χ4n) is 2.10. The van der Waals surface area contributed by atoms with Gasteiger partial charge in [0.2, 0.25) is 16.0 Å². The predicted octanol–water partition coefficient (Wildman–Crippen LogP) is 1.56. The first kappa shape index (κ1) is 14.2. The molecule has 1 aromatic carbocycles. The van der Waals surface area contributed by atoms with Gasteiger partial charge in [-0.2, -0.15) is 4.31 Å². The number of halogens is 2. The zero-order valence-corrected chi connectivity index (χ0v) is 12.2. The molecule has 0 radical (unpaired) electrons. The van der Waals surface area contributed by atoms with Gasteiger partial charge < -0.3 is 5.73 Å². The number of nitrogen functional groups attached to an aromatic ring is 1. The highest BCUT2D eigenvalue weighted by Gasteiger charge is 2.32. The molecule has 0 aliphatic carbocycles. The van der Waals surface area contributed by atoms with Crippen LogP contribution in [0.3, 0.4) is 0 Å². The lowest BCUT2D eigenvalue weighted by Crippen LogP contribution is -2.25. The van der Waals surface area contributed by atoms with Crippen molar-refractivity contribution in [2.45, 2.75) is 18.0 Å². The smallest absolute Gasteiger partial charge is 0.243 e. The average molecular weight is 329 g/mol. The molecule has 2 heterocycles. The van der Waals surface area contributed by atoms with Crippen LogP contribution in [-0.2, 0) is 23.1 Å². The molecule has 0 saturated carbocycles. The standard InChI is InChI=1S/C12H10ClFN4O2S/c13-9-3-8(1-2-10(9)14)21(19,20)18-5-7-4-16-12(15)17-11(7)6-18/h1-4H,5-6H2,(H2,15,16,17). The van der Waals surface area contributed by atoms with Crippen molar-refractivity contribution in [2.24, 2.45) is 0 Å². The maximum Gasteiger partial charge on any atom is 0.243 e. The number of hydrogen-bond acceptors (Lipinski definition) is 5. The summed E-state index contributed by atoms with van der Waals surface area (Å²) in [7, 11) is -3.78. The largest absolute Gasteiger partial charge is 0.368 e. The van der Waals surface area contributed by atoms with Crippen molar-refractivity contribution in [2.75, 3.05) is 5.73 Å². The van der Waals surface area contributed by atoms with Crippen molar-refractivity contribution in [3.63, 3.8) is 0 Å². The van der Waals surface area contributed by atoms with Crippen LogP contribution < -0.4 is 5.73 Å². The van der Waals surface area contributed by atoms with Gasteiger partial charge in [-0.3, -0.25) is 0 Å². The molecule has 0 atom stereocenters. The summed E-state index contributed by atoms with van der Waals surface area (Å²) >= 11 is 5.64. The molecule has 1 aromatic heterocycles. The molecule has 1 aliphatic rings. The van der Waals surface area contributed by atoms with Crippen molar-refractivity contribution >= 4 is 27.6 Å². The molecule has 110 valence electrons. The summed E-state index contributed by atoms with van der Waals surface area (Å²) in [5.41, 5.74) is 6.75. The topological polar surface area (TPSA) is 89.2 Å². The predicted molar refractivity (Wildman–Crippen MR) is 74.3 cm³/mol. The molecule has 2 N–H and O–H groups in total. The first-order valence-electron chi connectivity index (χ1n) is 5.93. The molecule has 0 saturated heterocycles. The van der Waals surface area contributed by atoms with Crippen molar-refractivity contribution in [1.82, 2.24) is 14.3 Å². The van der Waals surface area contributed by atoms with Crippen molar-refractivity contribution in [3.05, 3.63) is 46.5 Å². The van der Waals surface area contributed by atoms with Gasteiger partial charge in [-0.25, -0.2) is 22.8 Å². The zero-order chi connectivity index (χ0) is 15.2. The Hall–Kier alpha value is -1.77. The SMILES string of the molecule is Nc1ncc2c(n1)CN(S(=O)(=O)c1ccc(F)c(Cl)c1)C2. The Labute approximate surface area is 125 Å². The molecule has 9 heteroatoms. The number of nitrogens with zero attached hydrogens (tertiary/aromatic N) is 3. The molecule has 6 nitrogen and oxygen atoms in total. The third kappa shape index (κ3) is 2.45. The van der Waals surface area contributed by atoms with Crippen molar-refractivity contribution < 1.29 is 12.8 Å². The minimum atomic E-state index is -3.78. The first-order chi connectivity index (χ1) is 9.88. The lowest BCUT2D eigenvalue weighted by atomic mass is 10.3. The number of fused-ring (bicyclic) bond motifs is 1. The average Bonchev–Trinajstić information content (AvgIpc) is 2.85. The number of rotatable bonds is 2. The van der Waals surface area contributed by atoms with E-state index in [1.807, 2.05) is 0 Å². The first-order valence-corrected chi connectivity index (χ1v) is 7.75. The Morgan fingerprint density at radius 3 is 2.81 bits per heavy atom. The molecular weight excluding hydrogens is 319 g/mol. The van der Waals surface area contributed by atoms with Gasteiger partial charge >= 0.3 is 0 Å². The molecule has 21 heavy (non-hydrogen) atoms. The van der Waals surface area contributed by atoms with Crippen molar-refractivity contribution in [1.29, 1.82) is 0 Å². The van der Waals surface area contributed by atoms with E-state index in [9.17, 15) is 12.8 Å². The van der Waals surface area contributed by atoms with E-state index in [4.69, 9.17) is 17.3 Å². The van der Waals surface area contributed by atoms with Crippen LogP contribution in [0, 0.1) is 5.82 Å². The van der Waals surface area contributed by atoms with Crippen LogP contribution in [0.1, 0.15) is 11.3 Å². The Balaban J connectivity index is 1.96. The molecule has 0 fully saturated rings. The van der Waals surface area contributed by atoms with Gasteiger partial charge in [0.05, 0.1) is 22.2 Å². The maximum absolute atomic E-state index is 13.2. The summed E-state index contributed by atoms with van der Waals surface area (Å²) in [6.07, 6.45) is 1.50. The Kier molecular flexibility index (Phi) is 3.31. The van der Waals surface area contributed by atoms with Crippen LogP contribution >= 0.6 is 11.6 Å². The molecule has 0 bridgehead atoms. The van der Waals surface area contributed by atoms with E-state index >= 15 is 0 Å². The number of benzene rings is 1. The van der Waals surface area contributed by atoms with Gasteiger partial charge in [-0.15, -0.1) is 0 Å². The van der Waals surface area contributed by atoms with Gasteiger partial charge in [0, 0.05) is 18.3 Å².